The van der Waals surface area contributed by atoms with Crippen molar-refractivity contribution < 1.29 is 5.11 Å². The van der Waals surface area contributed by atoms with Gasteiger partial charge in [-0.05, 0) is 35.1 Å². The average molecular weight is 315 g/mol. The molecular weight excluding hydrogens is 290 g/mol. The van der Waals surface area contributed by atoms with Crippen LogP contribution in [0.2, 0.25) is 0 Å². The van der Waals surface area contributed by atoms with E-state index in [2.05, 4.69) is 58.7 Å². The summed E-state index contributed by atoms with van der Waals surface area (Å²) in [4.78, 5) is 5.50. The molecule has 0 unspecified atom stereocenters. The fourth-order valence-corrected chi connectivity index (χ4v) is 3.19. The van der Waals surface area contributed by atoms with Gasteiger partial charge in [0.15, 0.2) is 0 Å². The molecule has 0 amide bonds. The van der Waals surface area contributed by atoms with E-state index in [-0.39, 0.29) is 10.8 Å². The first kappa shape index (κ1) is 16.9. The number of aromatic nitrogens is 1. The normalized spacial score (nSPS) is 12.5. The number of aromatic hydroxyl groups is 1. The molecule has 3 heteroatoms. The molecule has 0 aliphatic carbocycles. The highest BCUT2D eigenvalue weighted by Gasteiger charge is 2.26. The summed E-state index contributed by atoms with van der Waals surface area (Å²) >= 11 is 1.63. The molecular formula is C19H25NOS. The molecule has 1 aromatic carbocycles. The smallest absolute Gasteiger partial charge is 0.123 e. The second-order valence-electron chi connectivity index (χ2n) is 7.64. The van der Waals surface area contributed by atoms with E-state index in [1.807, 2.05) is 18.2 Å². The van der Waals surface area contributed by atoms with E-state index >= 15 is 0 Å². The number of hydrogen-bond donors (Lipinski definition) is 1. The molecule has 0 bridgehead atoms. The van der Waals surface area contributed by atoms with Crippen molar-refractivity contribution in [3.05, 3.63) is 47.7 Å². The topological polar surface area (TPSA) is 33.1 Å². The van der Waals surface area contributed by atoms with Gasteiger partial charge in [0.25, 0.3) is 0 Å². The second kappa shape index (κ2) is 5.96. The van der Waals surface area contributed by atoms with Crippen LogP contribution in [0.1, 0.15) is 52.7 Å². The first-order chi connectivity index (χ1) is 10.1. The van der Waals surface area contributed by atoms with E-state index in [1.165, 1.54) is 0 Å². The lowest BCUT2D eigenvalue weighted by Gasteiger charge is -2.28. The molecule has 0 radical (unpaired) electrons. The molecule has 2 nitrogen and oxygen atoms in total. The summed E-state index contributed by atoms with van der Waals surface area (Å²) in [5, 5.41) is 11.7. The Bertz CT molecular complexity index is 616. The molecule has 0 saturated carbocycles. The Morgan fingerprint density at radius 1 is 0.909 bits per heavy atom. The molecule has 2 aromatic rings. The predicted octanol–water partition coefficient (Wildman–Crippen LogP) is 5.53. The van der Waals surface area contributed by atoms with Crippen LogP contribution in [0.15, 0.2) is 46.5 Å². The van der Waals surface area contributed by atoms with E-state index in [4.69, 9.17) is 0 Å². The fraction of sp³-hybridized carbons (Fsp3) is 0.421. The van der Waals surface area contributed by atoms with Gasteiger partial charge in [-0.25, -0.2) is 4.98 Å². The van der Waals surface area contributed by atoms with Gasteiger partial charge in [0.2, 0.25) is 0 Å². The lowest BCUT2D eigenvalue weighted by molar-refractivity contribution is 0.422. The van der Waals surface area contributed by atoms with Crippen LogP contribution in [0.4, 0.5) is 0 Å². The first-order valence-electron chi connectivity index (χ1n) is 7.56. The molecule has 0 atom stereocenters. The molecule has 0 saturated heterocycles. The van der Waals surface area contributed by atoms with Crippen molar-refractivity contribution in [2.24, 2.45) is 0 Å². The van der Waals surface area contributed by atoms with E-state index < -0.39 is 0 Å². The Morgan fingerprint density at radius 3 is 1.86 bits per heavy atom. The van der Waals surface area contributed by atoms with Crippen LogP contribution in [0.25, 0.3) is 0 Å². The maximum Gasteiger partial charge on any atom is 0.123 e. The van der Waals surface area contributed by atoms with Crippen molar-refractivity contribution in [2.75, 3.05) is 0 Å². The minimum absolute atomic E-state index is 0.106. The van der Waals surface area contributed by atoms with Crippen LogP contribution in [-0.4, -0.2) is 10.1 Å². The Balaban J connectivity index is 2.56. The minimum atomic E-state index is -0.106. The quantitative estimate of drug-likeness (QED) is 0.790. The van der Waals surface area contributed by atoms with Crippen molar-refractivity contribution in [3.8, 4) is 5.75 Å². The van der Waals surface area contributed by atoms with Gasteiger partial charge < -0.3 is 5.11 Å². The summed E-state index contributed by atoms with van der Waals surface area (Å²) in [6, 6.07) is 10.1. The maximum absolute atomic E-state index is 10.7. The van der Waals surface area contributed by atoms with Crippen LogP contribution in [0.5, 0.6) is 5.75 Å². The van der Waals surface area contributed by atoms with Gasteiger partial charge >= 0.3 is 0 Å². The van der Waals surface area contributed by atoms with Gasteiger partial charge in [-0.3, -0.25) is 0 Å². The monoisotopic (exact) mass is 315 g/mol. The third-order valence-corrected chi connectivity index (χ3v) is 4.48. The van der Waals surface area contributed by atoms with Crippen LogP contribution >= 0.6 is 11.8 Å². The van der Waals surface area contributed by atoms with Crippen LogP contribution in [-0.2, 0) is 10.8 Å². The number of pyridine rings is 1. The third kappa shape index (κ3) is 3.83. The summed E-state index contributed by atoms with van der Waals surface area (Å²) in [5.41, 5.74) is 1.76. The molecule has 0 aliphatic rings. The molecule has 118 valence electrons. The number of benzene rings is 1. The van der Waals surface area contributed by atoms with E-state index in [0.717, 1.165) is 21.0 Å². The van der Waals surface area contributed by atoms with E-state index in [0.29, 0.717) is 5.75 Å². The third-order valence-electron chi connectivity index (χ3n) is 3.56. The molecule has 0 fully saturated rings. The molecule has 2 rings (SSSR count). The van der Waals surface area contributed by atoms with Crippen molar-refractivity contribution in [2.45, 2.75) is 62.3 Å². The molecule has 1 heterocycles. The summed E-state index contributed by atoms with van der Waals surface area (Å²) in [6.07, 6.45) is 1.80. The van der Waals surface area contributed by atoms with Gasteiger partial charge in [0, 0.05) is 22.2 Å². The highest BCUT2D eigenvalue weighted by molar-refractivity contribution is 7.99. The zero-order valence-electron chi connectivity index (χ0n) is 14.3. The highest BCUT2D eigenvalue weighted by Crippen LogP contribution is 2.42. The minimum Gasteiger partial charge on any atom is -0.507 e. The van der Waals surface area contributed by atoms with Gasteiger partial charge in [0.1, 0.15) is 10.8 Å². The van der Waals surface area contributed by atoms with Gasteiger partial charge in [-0.15, -0.1) is 0 Å². The Labute approximate surface area is 138 Å². The zero-order chi connectivity index (χ0) is 16.5. The summed E-state index contributed by atoms with van der Waals surface area (Å²) in [5.74, 6) is 0.422. The lowest BCUT2D eigenvalue weighted by atomic mass is 9.79. The van der Waals surface area contributed by atoms with Gasteiger partial charge in [0.05, 0.1) is 0 Å². The van der Waals surface area contributed by atoms with Gasteiger partial charge in [-0.2, -0.15) is 0 Å². The Morgan fingerprint density at radius 2 is 1.45 bits per heavy atom. The van der Waals surface area contributed by atoms with E-state index in [1.54, 1.807) is 18.0 Å². The highest BCUT2D eigenvalue weighted by atomic mass is 32.2. The summed E-state index contributed by atoms with van der Waals surface area (Å²) in [7, 11) is 0. The van der Waals surface area contributed by atoms with Gasteiger partial charge in [-0.1, -0.05) is 59.4 Å². The fourth-order valence-electron chi connectivity index (χ4n) is 2.34. The lowest BCUT2D eigenvalue weighted by Crippen LogP contribution is -2.17. The predicted molar refractivity (Wildman–Crippen MR) is 93.9 cm³/mol. The Hall–Kier alpha value is -1.48. The van der Waals surface area contributed by atoms with Crippen molar-refractivity contribution >= 4 is 11.8 Å². The van der Waals surface area contributed by atoms with Crippen molar-refractivity contribution in [1.29, 1.82) is 0 Å². The standard InChI is InChI=1S/C19H25NOS/c1-18(2,3)14-11-13(22-16-9-7-8-10-20-16)12-15(17(14)21)19(4,5)6/h7-12,21H,1-6H3. The van der Waals surface area contributed by atoms with Crippen molar-refractivity contribution in [1.82, 2.24) is 4.98 Å². The van der Waals surface area contributed by atoms with E-state index in [9.17, 15) is 5.11 Å². The van der Waals surface area contributed by atoms with Crippen LogP contribution in [0, 0.1) is 0 Å². The summed E-state index contributed by atoms with van der Waals surface area (Å²) < 4.78 is 0. The number of phenols is 1. The van der Waals surface area contributed by atoms with Crippen molar-refractivity contribution in [3.63, 3.8) is 0 Å². The Kier molecular flexibility index (Phi) is 4.57. The maximum atomic E-state index is 10.7. The molecule has 0 aliphatic heterocycles. The zero-order valence-corrected chi connectivity index (χ0v) is 15.1. The SMILES string of the molecule is CC(C)(C)c1cc(Sc2ccccn2)cc(C(C)(C)C)c1O. The first-order valence-corrected chi connectivity index (χ1v) is 8.37. The number of nitrogens with zero attached hydrogens (tertiary/aromatic N) is 1. The molecule has 0 spiro atoms. The second-order valence-corrected chi connectivity index (χ2v) is 8.73. The summed E-state index contributed by atoms with van der Waals surface area (Å²) in [6.45, 7) is 12.8. The van der Waals surface area contributed by atoms with Crippen LogP contribution < -0.4 is 0 Å². The largest absolute Gasteiger partial charge is 0.507 e. The molecule has 1 N–H and O–H groups in total. The number of rotatable bonds is 2. The number of phenolic OH excluding ortho intramolecular Hbond substituents is 1. The molecule has 1 aromatic heterocycles. The van der Waals surface area contributed by atoms with Crippen LogP contribution in [0.3, 0.4) is 0 Å². The number of hydrogen-bond acceptors (Lipinski definition) is 3. The average Bonchev–Trinajstić information content (AvgIpc) is 2.39. The molecule has 22 heavy (non-hydrogen) atoms.